The van der Waals surface area contributed by atoms with Crippen molar-refractivity contribution in [2.24, 2.45) is 0 Å². The lowest BCUT2D eigenvalue weighted by atomic mass is 9.68. The molecular formula is C21H36N2O5. The Morgan fingerprint density at radius 3 is 2.00 bits per heavy atom. The highest BCUT2D eigenvalue weighted by Gasteiger charge is 2.57. The van der Waals surface area contributed by atoms with Gasteiger partial charge in [0, 0.05) is 18.0 Å². The second-order valence-corrected chi connectivity index (χ2v) is 9.57. The van der Waals surface area contributed by atoms with Gasteiger partial charge in [-0.15, -0.1) is 0 Å². The molecule has 1 amide bonds. The zero-order chi connectivity index (χ0) is 21.2. The summed E-state index contributed by atoms with van der Waals surface area (Å²) in [6.45, 7) is 9.51. The van der Waals surface area contributed by atoms with Crippen molar-refractivity contribution >= 4 is 17.8 Å². The van der Waals surface area contributed by atoms with Gasteiger partial charge in [-0.25, -0.2) is 4.79 Å². The van der Waals surface area contributed by atoms with Crippen LogP contribution < -0.4 is 5.32 Å². The maximum absolute atomic E-state index is 12.7. The largest absolute Gasteiger partial charge is 0.467 e. The second-order valence-electron chi connectivity index (χ2n) is 9.57. The van der Waals surface area contributed by atoms with Crippen molar-refractivity contribution in [1.82, 2.24) is 10.2 Å². The highest BCUT2D eigenvalue weighted by Crippen LogP contribution is 2.44. The molecule has 0 aromatic carbocycles. The average molecular weight is 397 g/mol. The molecule has 0 atom stereocenters. The van der Waals surface area contributed by atoms with Gasteiger partial charge in [0.05, 0.1) is 13.7 Å². The standard InChI is InChI=1S/C21H36N2O5/c1-15(24)22-21(18(26)27-6)13-19(2,3)23(20(4,5)14-21)12-17(25)28-16-10-8-7-9-11-16/h16H,7-14H2,1-6H3,(H,22,24). The monoisotopic (exact) mass is 396 g/mol. The van der Waals surface area contributed by atoms with Crippen LogP contribution in [0.4, 0.5) is 0 Å². The molecule has 1 heterocycles. The highest BCUT2D eigenvalue weighted by molar-refractivity contribution is 5.87. The van der Waals surface area contributed by atoms with E-state index in [-0.39, 0.29) is 24.5 Å². The summed E-state index contributed by atoms with van der Waals surface area (Å²) in [6, 6.07) is 0. The Morgan fingerprint density at radius 2 is 1.54 bits per heavy atom. The number of esters is 2. The van der Waals surface area contributed by atoms with Crippen LogP contribution >= 0.6 is 0 Å². The van der Waals surface area contributed by atoms with E-state index < -0.39 is 22.6 Å². The van der Waals surface area contributed by atoms with Gasteiger partial charge in [0.1, 0.15) is 11.6 Å². The van der Waals surface area contributed by atoms with Crippen molar-refractivity contribution < 1.29 is 23.9 Å². The first kappa shape index (κ1) is 22.7. The first-order chi connectivity index (χ1) is 12.9. The predicted octanol–water partition coefficient (Wildman–Crippen LogP) is 2.56. The maximum Gasteiger partial charge on any atom is 0.331 e. The van der Waals surface area contributed by atoms with E-state index >= 15 is 0 Å². The Hall–Kier alpha value is -1.63. The van der Waals surface area contributed by atoms with E-state index in [1.165, 1.54) is 20.5 Å². The summed E-state index contributed by atoms with van der Waals surface area (Å²) >= 11 is 0. The molecule has 7 nitrogen and oxygen atoms in total. The lowest BCUT2D eigenvalue weighted by molar-refractivity contribution is -0.169. The minimum atomic E-state index is -1.11. The molecule has 0 aromatic rings. The van der Waals surface area contributed by atoms with Crippen LogP contribution in [0.2, 0.25) is 0 Å². The number of carbonyl (C=O) groups is 3. The molecule has 1 saturated carbocycles. The van der Waals surface area contributed by atoms with Crippen molar-refractivity contribution in [1.29, 1.82) is 0 Å². The zero-order valence-corrected chi connectivity index (χ0v) is 18.2. The van der Waals surface area contributed by atoms with E-state index in [2.05, 4.69) is 10.2 Å². The fourth-order valence-electron chi connectivity index (χ4n) is 5.33. The van der Waals surface area contributed by atoms with E-state index in [9.17, 15) is 14.4 Å². The minimum absolute atomic E-state index is 0.0193. The first-order valence-corrected chi connectivity index (χ1v) is 10.3. The van der Waals surface area contributed by atoms with E-state index in [0.29, 0.717) is 12.8 Å². The molecule has 0 bridgehead atoms. The summed E-state index contributed by atoms with van der Waals surface area (Å²) in [5.41, 5.74) is -2.16. The van der Waals surface area contributed by atoms with E-state index in [0.717, 1.165) is 25.7 Å². The highest BCUT2D eigenvalue weighted by atomic mass is 16.5. The van der Waals surface area contributed by atoms with Gasteiger partial charge >= 0.3 is 11.9 Å². The first-order valence-electron chi connectivity index (χ1n) is 10.3. The summed E-state index contributed by atoms with van der Waals surface area (Å²) in [7, 11) is 1.33. The minimum Gasteiger partial charge on any atom is -0.467 e. The van der Waals surface area contributed by atoms with Crippen LogP contribution in [0.1, 0.15) is 79.6 Å². The molecule has 0 aromatic heterocycles. The molecule has 0 radical (unpaired) electrons. The molecule has 7 heteroatoms. The number of ether oxygens (including phenoxy) is 2. The Labute approximate surface area is 168 Å². The number of piperidine rings is 1. The quantitative estimate of drug-likeness (QED) is 0.719. The van der Waals surface area contributed by atoms with E-state index in [1.54, 1.807) is 0 Å². The second kappa shape index (κ2) is 8.39. The molecule has 1 saturated heterocycles. The van der Waals surface area contributed by atoms with E-state index in [4.69, 9.17) is 9.47 Å². The fourth-order valence-corrected chi connectivity index (χ4v) is 5.33. The Bertz CT molecular complexity index is 590. The topological polar surface area (TPSA) is 84.9 Å². The van der Waals surface area contributed by atoms with Gasteiger partial charge in [0.15, 0.2) is 0 Å². The Kier molecular flexibility index (Phi) is 6.79. The van der Waals surface area contributed by atoms with Crippen molar-refractivity contribution in [3.05, 3.63) is 0 Å². The zero-order valence-electron chi connectivity index (χ0n) is 18.2. The van der Waals surface area contributed by atoms with Crippen LogP contribution in [0, 0.1) is 0 Å². The van der Waals surface area contributed by atoms with Crippen molar-refractivity contribution in [3.8, 4) is 0 Å². The van der Waals surface area contributed by atoms with Crippen molar-refractivity contribution in [2.45, 2.75) is 102 Å². The number of amides is 1. The third-order valence-corrected chi connectivity index (χ3v) is 6.06. The SMILES string of the molecule is COC(=O)C1(NC(C)=O)CC(C)(C)N(CC(=O)OC2CCCCC2)C(C)(C)C1. The van der Waals surface area contributed by atoms with Crippen LogP contribution in [0.25, 0.3) is 0 Å². The molecule has 1 aliphatic heterocycles. The Morgan fingerprint density at radius 1 is 1.00 bits per heavy atom. The molecule has 2 rings (SSSR count). The number of likely N-dealkylation sites (tertiary alicyclic amines) is 1. The third kappa shape index (κ3) is 5.04. The average Bonchev–Trinajstić information content (AvgIpc) is 2.57. The predicted molar refractivity (Wildman–Crippen MR) is 106 cm³/mol. The summed E-state index contributed by atoms with van der Waals surface area (Å²) < 4.78 is 10.8. The molecule has 0 unspecified atom stereocenters. The molecular weight excluding hydrogens is 360 g/mol. The van der Waals surface area contributed by atoms with Crippen LogP contribution in [0.3, 0.4) is 0 Å². The number of carbonyl (C=O) groups excluding carboxylic acids is 3. The fraction of sp³-hybridized carbons (Fsp3) is 0.857. The van der Waals surface area contributed by atoms with Gasteiger partial charge in [-0.1, -0.05) is 6.42 Å². The summed E-state index contributed by atoms with van der Waals surface area (Å²) in [5, 5.41) is 2.84. The van der Waals surface area contributed by atoms with Gasteiger partial charge in [-0.2, -0.15) is 0 Å². The van der Waals surface area contributed by atoms with Gasteiger partial charge in [-0.05, 0) is 66.2 Å². The van der Waals surface area contributed by atoms with Crippen LogP contribution in [-0.4, -0.2) is 59.1 Å². The summed E-state index contributed by atoms with van der Waals surface area (Å²) in [4.78, 5) is 39.2. The molecule has 2 fully saturated rings. The van der Waals surface area contributed by atoms with Crippen LogP contribution in [0.15, 0.2) is 0 Å². The lowest BCUT2D eigenvalue weighted by Gasteiger charge is -2.58. The van der Waals surface area contributed by atoms with Gasteiger partial charge in [0.2, 0.25) is 5.91 Å². The maximum atomic E-state index is 12.7. The molecule has 0 spiro atoms. The molecule has 1 aliphatic carbocycles. The van der Waals surface area contributed by atoms with E-state index in [1.807, 2.05) is 27.7 Å². The van der Waals surface area contributed by atoms with Crippen LogP contribution in [0.5, 0.6) is 0 Å². The molecule has 1 N–H and O–H groups in total. The van der Waals surface area contributed by atoms with Gasteiger partial charge in [0.25, 0.3) is 0 Å². The van der Waals surface area contributed by atoms with Gasteiger partial charge < -0.3 is 14.8 Å². The number of hydrogen-bond acceptors (Lipinski definition) is 6. The number of hydrogen-bond donors (Lipinski definition) is 1. The van der Waals surface area contributed by atoms with Crippen LogP contribution in [-0.2, 0) is 23.9 Å². The normalized spacial score (nSPS) is 24.2. The smallest absolute Gasteiger partial charge is 0.331 e. The number of nitrogens with zero attached hydrogens (tertiary/aromatic N) is 1. The molecule has 28 heavy (non-hydrogen) atoms. The van der Waals surface area contributed by atoms with Crippen molar-refractivity contribution in [3.63, 3.8) is 0 Å². The van der Waals surface area contributed by atoms with Gasteiger partial charge in [-0.3, -0.25) is 14.5 Å². The molecule has 2 aliphatic rings. The van der Waals surface area contributed by atoms with Crippen molar-refractivity contribution in [2.75, 3.05) is 13.7 Å². The number of methoxy groups -OCH3 is 1. The Balaban J connectivity index is 2.19. The third-order valence-electron chi connectivity index (χ3n) is 6.06. The number of nitrogens with one attached hydrogen (secondary N) is 1. The molecule has 160 valence electrons. The lowest BCUT2D eigenvalue weighted by Crippen LogP contribution is -2.72. The summed E-state index contributed by atoms with van der Waals surface area (Å²) in [5.74, 6) is -0.950. The number of rotatable bonds is 5. The summed E-state index contributed by atoms with van der Waals surface area (Å²) in [6.07, 6.45) is 6.02.